The Bertz CT molecular complexity index is 373. The van der Waals surface area contributed by atoms with E-state index < -0.39 is 12.1 Å². The van der Waals surface area contributed by atoms with Crippen LogP contribution >= 0.6 is 0 Å². The zero-order chi connectivity index (χ0) is 13.2. The summed E-state index contributed by atoms with van der Waals surface area (Å²) in [5.74, 6) is 0. The molecule has 3 heteroatoms. The van der Waals surface area contributed by atoms with Crippen molar-refractivity contribution < 1.29 is 10.2 Å². The van der Waals surface area contributed by atoms with Crippen LogP contribution in [0.2, 0.25) is 0 Å². The van der Waals surface area contributed by atoms with Gasteiger partial charge in [-0.15, -0.1) is 0 Å². The van der Waals surface area contributed by atoms with Crippen molar-refractivity contribution in [2.75, 3.05) is 6.61 Å². The molecule has 0 aromatic heterocycles. The largest absolute Gasteiger partial charge is 0.394 e. The summed E-state index contributed by atoms with van der Waals surface area (Å²) < 4.78 is 0. The molecule has 98 valence electrons. The first-order chi connectivity index (χ1) is 8.77. The van der Waals surface area contributed by atoms with Gasteiger partial charge >= 0.3 is 0 Å². The smallest absolute Gasteiger partial charge is 0.102 e. The van der Waals surface area contributed by atoms with Gasteiger partial charge in [-0.05, 0) is 12.0 Å². The molecule has 1 rings (SSSR count). The average Bonchev–Trinajstić information content (AvgIpc) is 2.41. The first-order valence-electron chi connectivity index (χ1n) is 6.31. The van der Waals surface area contributed by atoms with Crippen LogP contribution in [0.4, 0.5) is 0 Å². The molecular weight excluding hydrogens is 226 g/mol. The molecule has 2 unspecified atom stereocenters. The van der Waals surface area contributed by atoms with E-state index in [4.69, 9.17) is 0 Å². The molecule has 0 amide bonds. The third-order valence-electron chi connectivity index (χ3n) is 2.58. The molecule has 0 aliphatic heterocycles. The highest BCUT2D eigenvalue weighted by Crippen LogP contribution is 2.03. The zero-order valence-corrected chi connectivity index (χ0v) is 10.7. The lowest BCUT2D eigenvalue weighted by atomic mass is 10.1. The zero-order valence-electron chi connectivity index (χ0n) is 10.7. The molecule has 0 saturated heterocycles. The molecule has 0 bridgehead atoms. The third kappa shape index (κ3) is 5.25. The average molecular weight is 247 g/mol. The Labute approximate surface area is 109 Å². The van der Waals surface area contributed by atoms with E-state index in [2.05, 4.69) is 11.9 Å². The quantitative estimate of drug-likeness (QED) is 0.573. The van der Waals surface area contributed by atoms with Crippen molar-refractivity contribution in [3.8, 4) is 0 Å². The van der Waals surface area contributed by atoms with Crippen molar-refractivity contribution in [1.29, 1.82) is 0 Å². The second-order valence-corrected chi connectivity index (χ2v) is 4.15. The van der Waals surface area contributed by atoms with Gasteiger partial charge in [-0.1, -0.05) is 55.8 Å². The number of unbranched alkanes of at least 4 members (excludes halogenated alkanes) is 1. The van der Waals surface area contributed by atoms with Crippen molar-refractivity contribution in [2.24, 2.45) is 4.99 Å². The number of nitrogens with zero attached hydrogens (tertiary/aromatic N) is 1. The fourth-order valence-electron chi connectivity index (χ4n) is 1.49. The second kappa shape index (κ2) is 8.61. The van der Waals surface area contributed by atoms with Crippen LogP contribution in [0.25, 0.3) is 0 Å². The maximum Gasteiger partial charge on any atom is 0.102 e. The van der Waals surface area contributed by atoms with Crippen LogP contribution in [0.3, 0.4) is 0 Å². The Morgan fingerprint density at radius 3 is 2.61 bits per heavy atom. The van der Waals surface area contributed by atoms with Gasteiger partial charge < -0.3 is 10.2 Å². The Morgan fingerprint density at radius 1 is 1.28 bits per heavy atom. The Morgan fingerprint density at radius 2 is 2.00 bits per heavy atom. The number of aliphatic imine (C=N–C) groups is 1. The number of benzene rings is 1. The van der Waals surface area contributed by atoms with E-state index in [1.165, 1.54) is 0 Å². The standard InChI is InChI=1S/C15H21NO2/c1-2-3-5-10-15(18)14(12-17)16-11-13-8-6-4-7-9-13/h4-11,14-15,17-18H,2-3,12H2,1H3. The normalized spacial score (nSPS) is 15.3. The molecule has 0 aliphatic carbocycles. The van der Waals surface area contributed by atoms with Crippen LogP contribution in [0.5, 0.6) is 0 Å². The molecule has 0 aliphatic rings. The predicted octanol–water partition coefficient (Wildman–Crippen LogP) is 2.18. The number of aliphatic hydroxyl groups excluding tert-OH is 2. The highest BCUT2D eigenvalue weighted by Gasteiger charge is 2.13. The molecule has 18 heavy (non-hydrogen) atoms. The topological polar surface area (TPSA) is 52.8 Å². The van der Waals surface area contributed by atoms with E-state index in [1.54, 1.807) is 12.3 Å². The molecule has 0 saturated carbocycles. The lowest BCUT2D eigenvalue weighted by molar-refractivity contribution is 0.145. The fourth-order valence-corrected chi connectivity index (χ4v) is 1.49. The molecule has 2 atom stereocenters. The van der Waals surface area contributed by atoms with Gasteiger partial charge in [-0.3, -0.25) is 4.99 Å². The van der Waals surface area contributed by atoms with Crippen molar-refractivity contribution in [3.05, 3.63) is 48.0 Å². The monoisotopic (exact) mass is 247 g/mol. The summed E-state index contributed by atoms with van der Waals surface area (Å²) in [6.07, 6.45) is 6.54. The summed E-state index contributed by atoms with van der Waals surface area (Å²) >= 11 is 0. The van der Waals surface area contributed by atoms with Gasteiger partial charge in [0.2, 0.25) is 0 Å². The molecule has 1 aromatic rings. The Balaban J connectivity index is 2.58. The Hall–Kier alpha value is -1.45. The summed E-state index contributed by atoms with van der Waals surface area (Å²) in [4.78, 5) is 4.21. The first-order valence-corrected chi connectivity index (χ1v) is 6.31. The van der Waals surface area contributed by atoms with Gasteiger partial charge in [0.15, 0.2) is 0 Å². The number of hydrogen-bond donors (Lipinski definition) is 2. The van der Waals surface area contributed by atoms with E-state index >= 15 is 0 Å². The maximum absolute atomic E-state index is 9.85. The van der Waals surface area contributed by atoms with Crippen LogP contribution in [-0.2, 0) is 0 Å². The van der Waals surface area contributed by atoms with Gasteiger partial charge in [0.1, 0.15) is 6.04 Å². The summed E-state index contributed by atoms with van der Waals surface area (Å²) in [6, 6.07) is 9.13. The predicted molar refractivity (Wildman–Crippen MR) is 75.0 cm³/mol. The molecule has 0 radical (unpaired) electrons. The minimum atomic E-state index is -0.735. The van der Waals surface area contributed by atoms with Crippen LogP contribution in [-0.4, -0.2) is 35.2 Å². The summed E-state index contributed by atoms with van der Waals surface area (Å²) in [7, 11) is 0. The minimum Gasteiger partial charge on any atom is -0.394 e. The van der Waals surface area contributed by atoms with Gasteiger partial charge in [0, 0.05) is 6.21 Å². The first kappa shape index (κ1) is 14.6. The van der Waals surface area contributed by atoms with E-state index in [0.29, 0.717) is 0 Å². The fraction of sp³-hybridized carbons (Fsp3) is 0.400. The van der Waals surface area contributed by atoms with Crippen LogP contribution in [0.15, 0.2) is 47.5 Å². The van der Waals surface area contributed by atoms with Crippen LogP contribution in [0.1, 0.15) is 25.3 Å². The molecular formula is C15H21NO2. The van der Waals surface area contributed by atoms with E-state index in [0.717, 1.165) is 18.4 Å². The van der Waals surface area contributed by atoms with Crippen LogP contribution in [0, 0.1) is 0 Å². The molecule has 1 aromatic carbocycles. The summed E-state index contributed by atoms with van der Waals surface area (Å²) in [5.41, 5.74) is 0.959. The highest BCUT2D eigenvalue weighted by molar-refractivity contribution is 5.79. The SMILES string of the molecule is CCCC=CC(O)C(CO)N=Cc1ccccc1. The second-order valence-electron chi connectivity index (χ2n) is 4.15. The van der Waals surface area contributed by atoms with Gasteiger partial charge in [-0.25, -0.2) is 0 Å². The number of rotatable bonds is 7. The van der Waals surface area contributed by atoms with Crippen LogP contribution < -0.4 is 0 Å². The van der Waals surface area contributed by atoms with E-state index in [9.17, 15) is 10.2 Å². The molecule has 2 N–H and O–H groups in total. The third-order valence-corrected chi connectivity index (χ3v) is 2.58. The maximum atomic E-state index is 9.85. The van der Waals surface area contributed by atoms with Crippen molar-refractivity contribution in [1.82, 2.24) is 0 Å². The van der Waals surface area contributed by atoms with E-state index in [-0.39, 0.29) is 6.61 Å². The molecule has 0 spiro atoms. The summed E-state index contributed by atoms with van der Waals surface area (Å²) in [5, 5.41) is 19.1. The highest BCUT2D eigenvalue weighted by atomic mass is 16.3. The number of hydrogen-bond acceptors (Lipinski definition) is 3. The molecule has 0 heterocycles. The van der Waals surface area contributed by atoms with Gasteiger partial charge in [0.25, 0.3) is 0 Å². The minimum absolute atomic E-state index is 0.166. The Kier molecular flexibility index (Phi) is 6.99. The lowest BCUT2D eigenvalue weighted by Gasteiger charge is -2.13. The van der Waals surface area contributed by atoms with Gasteiger partial charge in [-0.2, -0.15) is 0 Å². The summed E-state index contributed by atoms with van der Waals surface area (Å²) in [6.45, 7) is 1.91. The van der Waals surface area contributed by atoms with Crippen molar-refractivity contribution >= 4 is 6.21 Å². The van der Waals surface area contributed by atoms with Gasteiger partial charge in [0.05, 0.1) is 12.7 Å². The van der Waals surface area contributed by atoms with Crippen molar-refractivity contribution in [2.45, 2.75) is 31.9 Å². The lowest BCUT2D eigenvalue weighted by Crippen LogP contribution is -2.26. The van der Waals surface area contributed by atoms with Crippen molar-refractivity contribution in [3.63, 3.8) is 0 Å². The molecule has 3 nitrogen and oxygen atoms in total. The van der Waals surface area contributed by atoms with E-state index in [1.807, 2.05) is 36.4 Å². The number of aliphatic hydroxyl groups is 2. The molecule has 0 fully saturated rings. The number of allylic oxidation sites excluding steroid dienone is 1.